The molecule has 0 saturated heterocycles. The number of aryl methyl sites for hydroxylation is 1. The Hall–Kier alpha value is -1.83. The van der Waals surface area contributed by atoms with E-state index < -0.39 is 0 Å². The molecule has 1 aliphatic carbocycles. The number of anilines is 1. The molecule has 0 spiro atoms. The summed E-state index contributed by atoms with van der Waals surface area (Å²) in [5.74, 6) is 0.984. The second kappa shape index (κ2) is 5.67. The third kappa shape index (κ3) is 2.89. The minimum Gasteiger partial charge on any atom is -0.310 e. The van der Waals surface area contributed by atoms with Crippen LogP contribution in [-0.2, 0) is 11.8 Å². The van der Waals surface area contributed by atoms with Crippen LogP contribution in [0.2, 0.25) is 0 Å². The Balaban J connectivity index is 1.94. The Kier molecular flexibility index (Phi) is 3.98. The first-order valence-corrected chi connectivity index (χ1v) is 6.42. The highest BCUT2D eigenvalue weighted by molar-refractivity contribution is 5.91. The van der Waals surface area contributed by atoms with Crippen LogP contribution >= 0.6 is 0 Å². The number of carbonyl (C=O) groups is 1. The molecule has 1 aliphatic rings. The monoisotopic (exact) mass is 246 g/mol. The molecule has 1 N–H and O–H groups in total. The van der Waals surface area contributed by atoms with Crippen molar-refractivity contribution in [1.29, 1.82) is 5.26 Å². The molecule has 5 heteroatoms. The highest BCUT2D eigenvalue weighted by Gasteiger charge is 2.18. The highest BCUT2D eigenvalue weighted by atomic mass is 16.1. The highest BCUT2D eigenvalue weighted by Crippen LogP contribution is 2.26. The SMILES string of the molecule is Cn1ncc(C#N)c1NC(=O)CC1CCCCC1. The van der Waals surface area contributed by atoms with E-state index in [2.05, 4.69) is 10.4 Å². The third-order valence-electron chi connectivity index (χ3n) is 3.52. The Morgan fingerprint density at radius 2 is 2.28 bits per heavy atom. The van der Waals surface area contributed by atoms with E-state index >= 15 is 0 Å². The number of hydrogen-bond acceptors (Lipinski definition) is 3. The first kappa shape index (κ1) is 12.6. The molecule has 1 aromatic heterocycles. The Bertz CT molecular complexity index is 466. The minimum atomic E-state index is -0.0120. The molecule has 0 bridgehead atoms. The van der Waals surface area contributed by atoms with Crippen molar-refractivity contribution in [3.63, 3.8) is 0 Å². The van der Waals surface area contributed by atoms with Crippen LogP contribution in [0.3, 0.4) is 0 Å². The lowest BCUT2D eigenvalue weighted by Crippen LogP contribution is -2.20. The Morgan fingerprint density at radius 1 is 1.56 bits per heavy atom. The summed E-state index contributed by atoms with van der Waals surface area (Å²) in [6.45, 7) is 0. The van der Waals surface area contributed by atoms with Gasteiger partial charge in [0.1, 0.15) is 17.5 Å². The fourth-order valence-corrected chi connectivity index (χ4v) is 2.50. The van der Waals surface area contributed by atoms with Crippen molar-refractivity contribution in [3.8, 4) is 6.07 Å². The normalized spacial score (nSPS) is 16.2. The first-order valence-electron chi connectivity index (χ1n) is 6.42. The molecule has 1 fully saturated rings. The Morgan fingerprint density at radius 3 is 2.94 bits per heavy atom. The van der Waals surface area contributed by atoms with Gasteiger partial charge >= 0.3 is 0 Å². The lowest BCUT2D eigenvalue weighted by Gasteiger charge is -2.20. The summed E-state index contributed by atoms with van der Waals surface area (Å²) in [7, 11) is 1.72. The van der Waals surface area contributed by atoms with E-state index in [0.29, 0.717) is 23.7 Å². The molecule has 0 atom stereocenters. The van der Waals surface area contributed by atoms with Crippen LogP contribution in [-0.4, -0.2) is 15.7 Å². The molecule has 0 unspecified atom stereocenters. The van der Waals surface area contributed by atoms with E-state index in [1.54, 1.807) is 7.05 Å². The summed E-state index contributed by atoms with van der Waals surface area (Å²) in [6, 6.07) is 2.03. The predicted octanol–water partition coefficient (Wildman–Crippen LogP) is 2.20. The summed E-state index contributed by atoms with van der Waals surface area (Å²) in [5.41, 5.74) is 0.412. The van der Waals surface area contributed by atoms with Crippen molar-refractivity contribution in [1.82, 2.24) is 9.78 Å². The molecule has 1 aromatic rings. The van der Waals surface area contributed by atoms with Crippen LogP contribution in [0.15, 0.2) is 6.20 Å². The molecule has 0 aliphatic heterocycles. The second-order valence-corrected chi connectivity index (χ2v) is 4.90. The zero-order valence-electron chi connectivity index (χ0n) is 10.6. The lowest BCUT2D eigenvalue weighted by molar-refractivity contribution is -0.117. The van der Waals surface area contributed by atoms with Crippen molar-refractivity contribution in [2.45, 2.75) is 38.5 Å². The van der Waals surface area contributed by atoms with Crippen LogP contribution < -0.4 is 5.32 Å². The minimum absolute atomic E-state index is 0.0120. The number of amides is 1. The maximum Gasteiger partial charge on any atom is 0.225 e. The summed E-state index contributed by atoms with van der Waals surface area (Å²) < 4.78 is 1.53. The third-order valence-corrected chi connectivity index (χ3v) is 3.52. The van der Waals surface area contributed by atoms with Crippen LogP contribution in [0.25, 0.3) is 0 Å². The average Bonchev–Trinajstić information content (AvgIpc) is 2.72. The van der Waals surface area contributed by atoms with E-state index in [-0.39, 0.29) is 5.91 Å². The van der Waals surface area contributed by atoms with Crippen molar-refractivity contribution < 1.29 is 4.79 Å². The van der Waals surface area contributed by atoms with E-state index in [1.807, 2.05) is 6.07 Å². The van der Waals surface area contributed by atoms with Gasteiger partial charge in [-0.15, -0.1) is 0 Å². The van der Waals surface area contributed by atoms with E-state index in [0.717, 1.165) is 12.8 Å². The van der Waals surface area contributed by atoms with Crippen LogP contribution in [0, 0.1) is 17.2 Å². The van der Waals surface area contributed by atoms with E-state index in [9.17, 15) is 4.79 Å². The van der Waals surface area contributed by atoms with Crippen molar-refractivity contribution >= 4 is 11.7 Å². The lowest BCUT2D eigenvalue weighted by atomic mass is 9.87. The fourth-order valence-electron chi connectivity index (χ4n) is 2.50. The van der Waals surface area contributed by atoms with Gasteiger partial charge in [-0.05, 0) is 18.8 Å². The van der Waals surface area contributed by atoms with Gasteiger partial charge in [0.05, 0.1) is 6.20 Å². The predicted molar refractivity (Wildman–Crippen MR) is 67.7 cm³/mol. The van der Waals surface area contributed by atoms with Gasteiger partial charge in [0.15, 0.2) is 0 Å². The molecule has 1 saturated carbocycles. The van der Waals surface area contributed by atoms with E-state index in [4.69, 9.17) is 5.26 Å². The second-order valence-electron chi connectivity index (χ2n) is 4.90. The molecule has 0 aromatic carbocycles. The number of nitrogens with zero attached hydrogens (tertiary/aromatic N) is 3. The average molecular weight is 246 g/mol. The van der Waals surface area contributed by atoms with Crippen molar-refractivity contribution in [3.05, 3.63) is 11.8 Å². The summed E-state index contributed by atoms with van der Waals surface area (Å²) in [4.78, 5) is 11.9. The van der Waals surface area contributed by atoms with Gasteiger partial charge in [-0.2, -0.15) is 10.4 Å². The molecule has 0 radical (unpaired) electrons. The standard InChI is InChI=1S/C13H18N4O/c1-17-13(11(8-14)9-15-17)16-12(18)7-10-5-3-2-4-6-10/h9-10H,2-7H2,1H3,(H,16,18). The van der Waals surface area contributed by atoms with Gasteiger partial charge < -0.3 is 5.32 Å². The molecule has 2 rings (SSSR count). The van der Waals surface area contributed by atoms with Crippen molar-refractivity contribution in [2.75, 3.05) is 5.32 Å². The van der Waals surface area contributed by atoms with Gasteiger partial charge in [-0.25, -0.2) is 0 Å². The molecule has 96 valence electrons. The quantitative estimate of drug-likeness (QED) is 0.888. The number of aromatic nitrogens is 2. The number of hydrogen-bond donors (Lipinski definition) is 1. The molecular weight excluding hydrogens is 228 g/mol. The maximum atomic E-state index is 11.9. The molecular formula is C13H18N4O. The molecule has 1 amide bonds. The van der Waals surface area contributed by atoms with Crippen LogP contribution in [0.4, 0.5) is 5.82 Å². The van der Waals surface area contributed by atoms with Gasteiger partial charge in [-0.1, -0.05) is 19.3 Å². The number of rotatable bonds is 3. The Labute approximate surface area is 107 Å². The summed E-state index contributed by atoms with van der Waals surface area (Å²) >= 11 is 0. The molecule has 5 nitrogen and oxygen atoms in total. The zero-order chi connectivity index (χ0) is 13.0. The topological polar surface area (TPSA) is 70.7 Å². The summed E-state index contributed by atoms with van der Waals surface area (Å²) in [6.07, 6.45) is 8.05. The van der Waals surface area contributed by atoms with Crippen LogP contribution in [0.1, 0.15) is 44.1 Å². The maximum absolute atomic E-state index is 11.9. The fraction of sp³-hybridized carbons (Fsp3) is 0.615. The summed E-state index contributed by atoms with van der Waals surface area (Å²) in [5, 5.41) is 15.7. The van der Waals surface area contributed by atoms with Gasteiger partial charge in [-0.3, -0.25) is 9.48 Å². The molecule has 18 heavy (non-hydrogen) atoms. The molecule has 1 heterocycles. The van der Waals surface area contributed by atoms with Crippen LogP contribution in [0.5, 0.6) is 0 Å². The van der Waals surface area contributed by atoms with E-state index in [1.165, 1.54) is 30.1 Å². The smallest absolute Gasteiger partial charge is 0.225 e. The number of nitrogens with one attached hydrogen (secondary N) is 1. The largest absolute Gasteiger partial charge is 0.310 e. The van der Waals surface area contributed by atoms with Gasteiger partial charge in [0.25, 0.3) is 0 Å². The number of carbonyl (C=O) groups excluding carboxylic acids is 1. The van der Waals surface area contributed by atoms with Gasteiger partial charge in [0.2, 0.25) is 5.91 Å². The zero-order valence-corrected chi connectivity index (χ0v) is 10.6. The van der Waals surface area contributed by atoms with Gasteiger partial charge in [0, 0.05) is 13.5 Å². The first-order chi connectivity index (χ1) is 8.70. The number of nitriles is 1. The van der Waals surface area contributed by atoms with Crippen molar-refractivity contribution in [2.24, 2.45) is 13.0 Å².